The smallest absolute Gasteiger partial charge is 0.240 e. The van der Waals surface area contributed by atoms with E-state index < -0.39 is 10.0 Å². The Kier molecular flexibility index (Phi) is 5.39. The van der Waals surface area contributed by atoms with Crippen LogP contribution in [0.4, 0.5) is 0 Å². The quantitative estimate of drug-likeness (QED) is 0.893. The fraction of sp³-hybridized carbons (Fsp3) is 0.667. The maximum Gasteiger partial charge on any atom is 0.240 e. The molecule has 0 radical (unpaired) electrons. The van der Waals surface area contributed by atoms with Crippen molar-refractivity contribution in [1.82, 2.24) is 4.72 Å². The number of ether oxygens (including phenoxy) is 1. The average molecular weight is 337 g/mol. The molecule has 1 saturated carbocycles. The molecule has 1 saturated heterocycles. The summed E-state index contributed by atoms with van der Waals surface area (Å²) in [5, 5.41) is 0. The van der Waals surface area contributed by atoms with Gasteiger partial charge in [0.25, 0.3) is 0 Å². The molecule has 2 aliphatic rings. The fourth-order valence-electron chi connectivity index (χ4n) is 3.74. The molecule has 4 nitrogen and oxygen atoms in total. The first kappa shape index (κ1) is 16.9. The average Bonchev–Trinajstić information content (AvgIpc) is 3.10. The van der Waals surface area contributed by atoms with Crippen molar-refractivity contribution in [3.05, 3.63) is 29.8 Å². The van der Waals surface area contributed by atoms with Crippen molar-refractivity contribution in [3.8, 4) is 0 Å². The third kappa shape index (κ3) is 4.14. The molecular formula is C18H27NO3S. The number of sulfonamides is 1. The predicted molar refractivity (Wildman–Crippen MR) is 91.0 cm³/mol. The Balaban J connectivity index is 1.67. The van der Waals surface area contributed by atoms with E-state index in [9.17, 15) is 8.42 Å². The van der Waals surface area contributed by atoms with E-state index in [4.69, 9.17) is 4.74 Å². The van der Waals surface area contributed by atoms with Crippen LogP contribution in [0, 0.1) is 0 Å². The van der Waals surface area contributed by atoms with E-state index in [1.54, 1.807) is 12.1 Å². The first-order valence-corrected chi connectivity index (χ1v) is 10.3. The summed E-state index contributed by atoms with van der Waals surface area (Å²) < 4.78 is 33.4. The summed E-state index contributed by atoms with van der Waals surface area (Å²) in [6.07, 6.45) is 8.26. The molecule has 2 fully saturated rings. The molecule has 1 aliphatic heterocycles. The Morgan fingerprint density at radius 1 is 1.04 bits per heavy atom. The number of hydrogen-bond acceptors (Lipinski definition) is 3. The van der Waals surface area contributed by atoms with Gasteiger partial charge in [0.1, 0.15) is 0 Å². The predicted octanol–water partition coefficient (Wildman–Crippen LogP) is 3.58. The van der Waals surface area contributed by atoms with Gasteiger partial charge in [-0.1, -0.05) is 31.4 Å². The van der Waals surface area contributed by atoms with Gasteiger partial charge in [-0.25, -0.2) is 13.1 Å². The van der Waals surface area contributed by atoms with Gasteiger partial charge >= 0.3 is 0 Å². The third-order valence-electron chi connectivity index (χ3n) is 5.13. The van der Waals surface area contributed by atoms with Crippen molar-refractivity contribution < 1.29 is 13.2 Å². The molecule has 0 unspecified atom stereocenters. The molecule has 0 spiro atoms. The highest BCUT2D eigenvalue weighted by Gasteiger charge is 2.27. The van der Waals surface area contributed by atoms with Gasteiger partial charge in [0.2, 0.25) is 10.0 Å². The second-order valence-corrected chi connectivity index (χ2v) is 8.58. The zero-order valence-electron chi connectivity index (χ0n) is 13.8. The number of hydrogen-bond donors (Lipinski definition) is 1. The first-order chi connectivity index (χ1) is 11.1. The van der Waals surface area contributed by atoms with Crippen LogP contribution in [0.2, 0.25) is 0 Å². The Morgan fingerprint density at radius 3 is 2.35 bits per heavy atom. The van der Waals surface area contributed by atoms with E-state index in [0.29, 0.717) is 10.8 Å². The van der Waals surface area contributed by atoms with Gasteiger partial charge in [0.15, 0.2) is 0 Å². The van der Waals surface area contributed by atoms with E-state index in [1.807, 2.05) is 19.1 Å². The summed E-state index contributed by atoms with van der Waals surface area (Å²) in [5.41, 5.74) is 1.27. The van der Waals surface area contributed by atoms with Crippen LogP contribution in [0.5, 0.6) is 0 Å². The lowest BCUT2D eigenvalue weighted by molar-refractivity contribution is 0.0902. The highest BCUT2D eigenvalue weighted by Crippen LogP contribution is 2.32. The van der Waals surface area contributed by atoms with E-state index in [2.05, 4.69) is 4.72 Å². The topological polar surface area (TPSA) is 55.4 Å². The van der Waals surface area contributed by atoms with Crippen molar-refractivity contribution in [1.29, 1.82) is 0 Å². The van der Waals surface area contributed by atoms with Gasteiger partial charge in [-0.2, -0.15) is 0 Å². The Bertz CT molecular complexity index is 600. The van der Waals surface area contributed by atoms with Crippen LogP contribution in [-0.4, -0.2) is 27.2 Å². The largest absolute Gasteiger partial charge is 0.377 e. The molecule has 128 valence electrons. The van der Waals surface area contributed by atoms with Crippen LogP contribution < -0.4 is 4.72 Å². The number of rotatable bonds is 5. The van der Waals surface area contributed by atoms with Crippen LogP contribution in [-0.2, 0) is 14.8 Å². The minimum atomic E-state index is -3.47. The second kappa shape index (κ2) is 7.32. The highest BCUT2D eigenvalue weighted by molar-refractivity contribution is 7.89. The maximum atomic E-state index is 12.5. The SMILES string of the molecule is C[C@@H](NS(=O)(=O)c1ccc(C2CCCCC2)cc1)[C@@H]1CCCO1. The zero-order valence-corrected chi connectivity index (χ0v) is 14.6. The summed E-state index contributed by atoms with van der Waals surface area (Å²) in [4.78, 5) is 0.349. The van der Waals surface area contributed by atoms with Crippen molar-refractivity contribution >= 4 is 10.0 Å². The molecule has 0 bridgehead atoms. The summed E-state index contributed by atoms with van der Waals surface area (Å²) in [6.45, 7) is 2.61. The van der Waals surface area contributed by atoms with Crippen LogP contribution in [0.1, 0.15) is 63.4 Å². The molecule has 1 aromatic carbocycles. The minimum Gasteiger partial charge on any atom is -0.377 e. The third-order valence-corrected chi connectivity index (χ3v) is 6.71. The van der Waals surface area contributed by atoms with E-state index in [1.165, 1.54) is 37.7 Å². The Hall–Kier alpha value is -0.910. The van der Waals surface area contributed by atoms with Gasteiger partial charge in [-0.15, -0.1) is 0 Å². The molecule has 1 heterocycles. The van der Waals surface area contributed by atoms with E-state index in [-0.39, 0.29) is 12.1 Å². The van der Waals surface area contributed by atoms with Gasteiger partial charge in [0, 0.05) is 12.6 Å². The summed E-state index contributed by atoms with van der Waals surface area (Å²) in [7, 11) is -3.47. The van der Waals surface area contributed by atoms with Crippen molar-refractivity contribution in [3.63, 3.8) is 0 Å². The van der Waals surface area contributed by atoms with Crippen LogP contribution in [0.3, 0.4) is 0 Å². The summed E-state index contributed by atoms with van der Waals surface area (Å²) in [6, 6.07) is 7.27. The molecule has 1 aromatic rings. The highest BCUT2D eigenvalue weighted by atomic mass is 32.2. The zero-order chi connectivity index (χ0) is 16.3. The number of benzene rings is 1. The van der Waals surface area contributed by atoms with Gasteiger partial charge in [0.05, 0.1) is 11.0 Å². The fourth-order valence-corrected chi connectivity index (χ4v) is 5.01. The van der Waals surface area contributed by atoms with Gasteiger partial charge in [-0.05, 0) is 56.2 Å². The first-order valence-electron chi connectivity index (χ1n) is 8.80. The molecule has 1 aliphatic carbocycles. The molecule has 5 heteroatoms. The number of nitrogens with one attached hydrogen (secondary N) is 1. The van der Waals surface area contributed by atoms with E-state index in [0.717, 1.165) is 19.4 Å². The molecule has 3 rings (SSSR count). The van der Waals surface area contributed by atoms with Crippen molar-refractivity contribution in [2.45, 2.75) is 74.8 Å². The lowest BCUT2D eigenvalue weighted by Gasteiger charge is -2.22. The van der Waals surface area contributed by atoms with E-state index >= 15 is 0 Å². The van der Waals surface area contributed by atoms with Gasteiger partial charge in [-0.3, -0.25) is 0 Å². The molecule has 0 aromatic heterocycles. The Labute approximate surface area is 139 Å². The Morgan fingerprint density at radius 2 is 1.74 bits per heavy atom. The molecule has 1 N–H and O–H groups in total. The molecule has 2 atom stereocenters. The van der Waals surface area contributed by atoms with Gasteiger partial charge < -0.3 is 4.74 Å². The van der Waals surface area contributed by atoms with Crippen molar-refractivity contribution in [2.75, 3.05) is 6.61 Å². The van der Waals surface area contributed by atoms with Crippen molar-refractivity contribution in [2.24, 2.45) is 0 Å². The standard InChI is InChI=1S/C18H27NO3S/c1-14(18-8-5-13-22-18)19-23(20,21)17-11-9-16(10-12-17)15-6-3-2-4-7-15/h9-12,14-15,18-19H,2-8,13H2,1H3/t14-,18+/m1/s1. The monoisotopic (exact) mass is 337 g/mol. The summed E-state index contributed by atoms with van der Waals surface area (Å²) >= 11 is 0. The second-order valence-electron chi connectivity index (χ2n) is 6.87. The van der Waals surface area contributed by atoms with Crippen LogP contribution >= 0.6 is 0 Å². The van der Waals surface area contributed by atoms with Crippen LogP contribution in [0.15, 0.2) is 29.2 Å². The molecule has 0 amide bonds. The molecule has 23 heavy (non-hydrogen) atoms. The molecular weight excluding hydrogens is 310 g/mol. The lowest BCUT2D eigenvalue weighted by atomic mass is 9.84. The lowest BCUT2D eigenvalue weighted by Crippen LogP contribution is -2.40. The maximum absolute atomic E-state index is 12.5. The minimum absolute atomic E-state index is 0.00807. The van der Waals surface area contributed by atoms with Crippen LogP contribution in [0.25, 0.3) is 0 Å². The normalized spacial score (nSPS) is 24.7. The summed E-state index contributed by atoms with van der Waals surface area (Å²) in [5.74, 6) is 0.597.